The SMILES string of the molecule is CC(C)(O)CNC(=O)c1cc(OC(N)=O)ccn1. The number of amides is 2. The molecule has 0 saturated carbocycles. The average Bonchev–Trinajstić information content (AvgIpc) is 2.24. The molecule has 4 N–H and O–H groups in total. The minimum absolute atomic E-state index is 0.0676. The van der Waals surface area contributed by atoms with Crippen LogP contribution in [0.15, 0.2) is 18.3 Å². The van der Waals surface area contributed by atoms with Crippen LogP contribution >= 0.6 is 0 Å². The van der Waals surface area contributed by atoms with Gasteiger partial charge in [-0.1, -0.05) is 0 Å². The number of ether oxygens (including phenoxy) is 1. The summed E-state index contributed by atoms with van der Waals surface area (Å²) in [6.07, 6.45) is 0.348. The highest BCUT2D eigenvalue weighted by atomic mass is 16.5. The van der Waals surface area contributed by atoms with Gasteiger partial charge < -0.3 is 20.9 Å². The second-order valence-corrected chi connectivity index (χ2v) is 4.29. The molecule has 0 spiro atoms. The van der Waals surface area contributed by atoms with E-state index in [0.717, 1.165) is 0 Å². The minimum atomic E-state index is -1.02. The number of primary amides is 1. The van der Waals surface area contributed by atoms with Crippen molar-refractivity contribution in [1.29, 1.82) is 0 Å². The second kappa shape index (κ2) is 5.46. The van der Waals surface area contributed by atoms with Gasteiger partial charge in [0.2, 0.25) is 0 Å². The van der Waals surface area contributed by atoms with E-state index >= 15 is 0 Å². The van der Waals surface area contributed by atoms with E-state index in [-0.39, 0.29) is 18.0 Å². The first-order valence-corrected chi connectivity index (χ1v) is 5.22. The quantitative estimate of drug-likeness (QED) is 0.700. The Labute approximate surface area is 104 Å². The highest BCUT2D eigenvalue weighted by Crippen LogP contribution is 2.11. The van der Waals surface area contributed by atoms with Gasteiger partial charge >= 0.3 is 6.09 Å². The number of nitrogens with zero attached hydrogens (tertiary/aromatic N) is 1. The van der Waals surface area contributed by atoms with Gasteiger partial charge in [-0.2, -0.15) is 0 Å². The molecule has 1 aromatic heterocycles. The van der Waals surface area contributed by atoms with E-state index < -0.39 is 17.6 Å². The number of nitrogens with two attached hydrogens (primary N) is 1. The summed E-state index contributed by atoms with van der Waals surface area (Å²) in [6.45, 7) is 3.20. The van der Waals surface area contributed by atoms with Crippen molar-refractivity contribution in [2.75, 3.05) is 6.54 Å². The summed E-state index contributed by atoms with van der Waals surface area (Å²) in [5, 5.41) is 12.0. The van der Waals surface area contributed by atoms with Crippen LogP contribution in [-0.4, -0.2) is 34.2 Å². The molecule has 0 aliphatic heterocycles. The fraction of sp³-hybridized carbons (Fsp3) is 0.364. The maximum absolute atomic E-state index is 11.7. The standard InChI is InChI=1S/C11H15N3O4/c1-11(2,17)6-14-9(15)8-5-7(3-4-13-8)18-10(12)16/h3-5,17H,6H2,1-2H3,(H2,12,16)(H,14,15). The Bertz CT molecular complexity index is 454. The zero-order chi connectivity index (χ0) is 13.8. The minimum Gasteiger partial charge on any atom is -0.410 e. The lowest BCUT2D eigenvalue weighted by molar-refractivity contribution is 0.0692. The molecule has 7 heteroatoms. The summed E-state index contributed by atoms with van der Waals surface area (Å²) in [5.41, 5.74) is 3.90. The highest BCUT2D eigenvalue weighted by Gasteiger charge is 2.16. The summed E-state index contributed by atoms with van der Waals surface area (Å²) < 4.78 is 4.62. The van der Waals surface area contributed by atoms with Gasteiger partial charge in [-0.3, -0.25) is 9.78 Å². The first-order valence-electron chi connectivity index (χ1n) is 5.22. The summed E-state index contributed by atoms with van der Waals surface area (Å²) >= 11 is 0. The van der Waals surface area contributed by atoms with Gasteiger partial charge in [0.1, 0.15) is 11.4 Å². The number of hydrogen-bond donors (Lipinski definition) is 3. The van der Waals surface area contributed by atoms with Crippen LogP contribution in [0.2, 0.25) is 0 Å². The zero-order valence-corrected chi connectivity index (χ0v) is 10.1. The summed E-state index contributed by atoms with van der Waals surface area (Å²) in [5.74, 6) is -0.349. The number of nitrogens with one attached hydrogen (secondary N) is 1. The molecule has 98 valence electrons. The average molecular weight is 253 g/mol. The lowest BCUT2D eigenvalue weighted by Gasteiger charge is -2.17. The fourth-order valence-electron chi connectivity index (χ4n) is 1.10. The van der Waals surface area contributed by atoms with Crippen LogP contribution in [0, 0.1) is 0 Å². The van der Waals surface area contributed by atoms with Gasteiger partial charge in [0, 0.05) is 18.8 Å². The third-order valence-corrected chi connectivity index (χ3v) is 1.86. The van der Waals surface area contributed by atoms with Gasteiger partial charge in [0.25, 0.3) is 5.91 Å². The second-order valence-electron chi connectivity index (χ2n) is 4.29. The van der Waals surface area contributed by atoms with Gasteiger partial charge in [-0.15, -0.1) is 0 Å². The van der Waals surface area contributed by atoms with Crippen molar-refractivity contribution in [2.24, 2.45) is 5.73 Å². The molecular formula is C11H15N3O4. The zero-order valence-electron chi connectivity index (χ0n) is 10.1. The molecule has 1 heterocycles. The number of hydrogen-bond acceptors (Lipinski definition) is 5. The van der Waals surface area contributed by atoms with Gasteiger partial charge in [-0.05, 0) is 19.9 Å². The van der Waals surface area contributed by atoms with Gasteiger partial charge in [0.15, 0.2) is 0 Å². The number of carbonyl (C=O) groups excluding carboxylic acids is 2. The van der Waals surface area contributed by atoms with Crippen molar-refractivity contribution in [2.45, 2.75) is 19.4 Å². The maximum Gasteiger partial charge on any atom is 0.409 e. The molecule has 1 rings (SSSR count). The monoisotopic (exact) mass is 253 g/mol. The predicted molar refractivity (Wildman–Crippen MR) is 63.1 cm³/mol. The lowest BCUT2D eigenvalue weighted by atomic mass is 10.1. The Morgan fingerprint density at radius 1 is 1.56 bits per heavy atom. The van der Waals surface area contributed by atoms with Crippen molar-refractivity contribution in [1.82, 2.24) is 10.3 Å². The molecule has 1 aromatic rings. The summed E-state index contributed by atoms with van der Waals surface area (Å²) in [7, 11) is 0. The number of rotatable bonds is 4. The van der Waals surface area contributed by atoms with Crippen LogP contribution in [0.5, 0.6) is 5.75 Å². The molecular weight excluding hydrogens is 238 g/mol. The Morgan fingerprint density at radius 2 is 2.22 bits per heavy atom. The predicted octanol–water partition coefficient (Wildman–Crippen LogP) is 0.0398. The molecule has 7 nitrogen and oxygen atoms in total. The van der Waals surface area contributed by atoms with E-state index in [9.17, 15) is 14.7 Å². The van der Waals surface area contributed by atoms with E-state index in [1.54, 1.807) is 13.8 Å². The highest BCUT2D eigenvalue weighted by molar-refractivity contribution is 5.92. The van der Waals surface area contributed by atoms with Gasteiger partial charge in [-0.25, -0.2) is 4.79 Å². The smallest absolute Gasteiger partial charge is 0.409 e. The number of pyridine rings is 1. The third kappa shape index (κ3) is 4.79. The molecule has 2 amide bonds. The molecule has 0 atom stereocenters. The number of carbonyl (C=O) groups is 2. The van der Waals surface area contributed by atoms with E-state index in [2.05, 4.69) is 15.0 Å². The Hall–Kier alpha value is -2.15. The molecule has 0 radical (unpaired) electrons. The van der Waals surface area contributed by atoms with Crippen molar-refractivity contribution in [3.63, 3.8) is 0 Å². The topological polar surface area (TPSA) is 115 Å². The molecule has 0 fully saturated rings. The van der Waals surface area contributed by atoms with Crippen molar-refractivity contribution < 1.29 is 19.4 Å². The maximum atomic E-state index is 11.7. The Balaban J connectivity index is 2.71. The van der Waals surface area contributed by atoms with Crippen LogP contribution in [0.3, 0.4) is 0 Å². The van der Waals surface area contributed by atoms with Crippen molar-refractivity contribution >= 4 is 12.0 Å². The first kappa shape index (κ1) is 13.9. The summed E-state index contributed by atoms with van der Waals surface area (Å²) in [4.78, 5) is 26.0. The molecule has 18 heavy (non-hydrogen) atoms. The summed E-state index contributed by atoms with van der Waals surface area (Å²) in [6, 6.07) is 2.68. The molecule has 0 saturated heterocycles. The van der Waals surface area contributed by atoms with Crippen molar-refractivity contribution in [3.05, 3.63) is 24.0 Å². The van der Waals surface area contributed by atoms with Crippen LogP contribution in [0.1, 0.15) is 24.3 Å². The first-order chi connectivity index (χ1) is 8.28. The Morgan fingerprint density at radius 3 is 2.78 bits per heavy atom. The van der Waals surface area contributed by atoms with Crippen LogP contribution in [0.4, 0.5) is 4.79 Å². The van der Waals surface area contributed by atoms with Crippen LogP contribution in [-0.2, 0) is 0 Å². The number of aromatic nitrogens is 1. The van der Waals surface area contributed by atoms with E-state index in [1.807, 2.05) is 0 Å². The molecule has 0 aromatic carbocycles. The molecule has 0 aliphatic rings. The third-order valence-electron chi connectivity index (χ3n) is 1.86. The van der Waals surface area contributed by atoms with E-state index in [4.69, 9.17) is 5.73 Å². The van der Waals surface area contributed by atoms with Crippen LogP contribution in [0.25, 0.3) is 0 Å². The fourth-order valence-corrected chi connectivity index (χ4v) is 1.10. The number of aliphatic hydroxyl groups is 1. The van der Waals surface area contributed by atoms with Crippen LogP contribution < -0.4 is 15.8 Å². The van der Waals surface area contributed by atoms with Gasteiger partial charge in [0.05, 0.1) is 5.60 Å². The van der Waals surface area contributed by atoms with Crippen molar-refractivity contribution in [3.8, 4) is 5.75 Å². The molecule has 0 aliphatic carbocycles. The molecule has 0 unspecified atom stereocenters. The lowest BCUT2D eigenvalue weighted by Crippen LogP contribution is -2.38. The van der Waals surface area contributed by atoms with E-state index in [0.29, 0.717) is 0 Å². The molecule has 0 bridgehead atoms. The largest absolute Gasteiger partial charge is 0.410 e. The normalized spacial score (nSPS) is 10.8. The van der Waals surface area contributed by atoms with E-state index in [1.165, 1.54) is 18.3 Å². The Kier molecular flexibility index (Phi) is 4.22.